The Hall–Kier alpha value is -4.02. The first kappa shape index (κ1) is 20.6. The third-order valence-corrected chi connectivity index (χ3v) is 7.27. The van der Waals surface area contributed by atoms with Gasteiger partial charge in [-0.05, 0) is 30.5 Å². The van der Waals surface area contributed by atoms with Crippen molar-refractivity contribution in [2.45, 2.75) is 25.3 Å². The number of nitrogens with zero attached hydrogens (tertiary/aromatic N) is 5. The molecule has 11 nitrogen and oxygen atoms in total. The Morgan fingerprint density at radius 2 is 1.91 bits per heavy atom. The van der Waals surface area contributed by atoms with Crippen molar-refractivity contribution in [2.24, 2.45) is 11.8 Å². The molecule has 6 rings (SSSR count). The number of aromatic amines is 1. The molecule has 2 saturated heterocycles. The van der Waals surface area contributed by atoms with E-state index >= 15 is 0 Å². The van der Waals surface area contributed by atoms with Gasteiger partial charge in [-0.25, -0.2) is 0 Å². The van der Waals surface area contributed by atoms with Crippen molar-refractivity contribution in [3.05, 3.63) is 62.6 Å². The SMILES string of the molecule is O=C(C1CC(=O)N(c2n[nH]c3ccccc23)C1)N1CC2C[C@H](C1)Cn1c2ccc([N+](=O)[O-])c1=O. The molecule has 11 heteroatoms. The minimum absolute atomic E-state index is 0.0402. The number of likely N-dealkylation sites (tertiary alicyclic amines) is 1. The molecule has 2 unspecified atom stereocenters. The molecular formula is C23H22N6O5. The first-order chi connectivity index (χ1) is 16.4. The van der Waals surface area contributed by atoms with Crippen LogP contribution < -0.4 is 10.5 Å². The highest BCUT2D eigenvalue weighted by Gasteiger charge is 2.43. The van der Waals surface area contributed by atoms with Crippen LogP contribution in [0.15, 0.2) is 41.2 Å². The average Bonchev–Trinajstić information content (AvgIpc) is 3.42. The van der Waals surface area contributed by atoms with Crippen LogP contribution in [-0.2, 0) is 16.1 Å². The standard InChI is InChI=1S/C23H22N6O5/c30-20-8-15(12-28(20)21-16-3-1-2-4-17(16)24-25-21)22(31)26-9-13-7-14(11-26)18-5-6-19(29(33)34)23(32)27(18)10-13/h1-6,13-15H,7-12H2,(H,24,25)/t13-,14?,15?/m1/s1. The van der Waals surface area contributed by atoms with Crippen LogP contribution in [0.5, 0.6) is 0 Å². The van der Waals surface area contributed by atoms with E-state index in [9.17, 15) is 24.5 Å². The number of para-hydroxylation sites is 1. The number of amides is 2. The highest BCUT2D eigenvalue weighted by atomic mass is 16.6. The van der Waals surface area contributed by atoms with Crippen molar-refractivity contribution in [3.8, 4) is 0 Å². The van der Waals surface area contributed by atoms with Crippen molar-refractivity contribution in [3.63, 3.8) is 0 Å². The molecule has 3 aromatic rings. The van der Waals surface area contributed by atoms with Crippen LogP contribution in [0.4, 0.5) is 11.5 Å². The topological polar surface area (TPSA) is 134 Å². The van der Waals surface area contributed by atoms with Gasteiger partial charge in [-0.1, -0.05) is 12.1 Å². The van der Waals surface area contributed by atoms with E-state index in [4.69, 9.17) is 0 Å². The number of nitro groups is 1. The summed E-state index contributed by atoms with van der Waals surface area (Å²) >= 11 is 0. The second-order valence-corrected chi connectivity index (χ2v) is 9.36. The number of pyridine rings is 1. The molecule has 3 aliphatic heterocycles. The van der Waals surface area contributed by atoms with Crippen LogP contribution >= 0.6 is 0 Å². The number of hydrogen-bond acceptors (Lipinski definition) is 6. The number of benzene rings is 1. The fourth-order valence-corrected chi connectivity index (χ4v) is 5.74. The maximum absolute atomic E-state index is 13.4. The van der Waals surface area contributed by atoms with E-state index in [1.165, 1.54) is 10.6 Å². The Kier molecular flexibility index (Phi) is 4.54. The molecule has 3 aliphatic rings. The summed E-state index contributed by atoms with van der Waals surface area (Å²) in [4.78, 5) is 52.7. The number of fused-ring (bicyclic) bond motifs is 5. The van der Waals surface area contributed by atoms with Gasteiger partial charge in [-0.3, -0.25) is 34.5 Å². The molecule has 1 N–H and O–H groups in total. The Labute approximate surface area is 193 Å². The van der Waals surface area contributed by atoms with Crippen LogP contribution in [0.2, 0.25) is 0 Å². The maximum Gasteiger partial charge on any atom is 0.334 e. The molecule has 2 amide bonds. The van der Waals surface area contributed by atoms with E-state index in [0.29, 0.717) is 25.5 Å². The molecule has 0 saturated carbocycles. The summed E-state index contributed by atoms with van der Waals surface area (Å²) in [6, 6.07) is 10.5. The molecule has 174 valence electrons. The summed E-state index contributed by atoms with van der Waals surface area (Å²) in [5, 5.41) is 19.2. The van der Waals surface area contributed by atoms with Gasteiger partial charge in [0.15, 0.2) is 5.82 Å². The predicted octanol–water partition coefficient (Wildman–Crippen LogP) is 1.63. The molecule has 0 radical (unpaired) electrons. The lowest BCUT2D eigenvalue weighted by Crippen LogP contribution is -2.51. The van der Waals surface area contributed by atoms with Crippen molar-refractivity contribution in [1.29, 1.82) is 0 Å². The van der Waals surface area contributed by atoms with E-state index in [1.807, 2.05) is 24.3 Å². The molecular weight excluding hydrogens is 440 g/mol. The summed E-state index contributed by atoms with van der Waals surface area (Å²) in [6.07, 6.45) is 0.962. The fourth-order valence-electron chi connectivity index (χ4n) is 5.74. The first-order valence-corrected chi connectivity index (χ1v) is 11.3. The van der Waals surface area contributed by atoms with E-state index in [0.717, 1.165) is 23.0 Å². The number of rotatable bonds is 3. The number of carbonyl (C=O) groups is 2. The summed E-state index contributed by atoms with van der Waals surface area (Å²) < 4.78 is 1.50. The Morgan fingerprint density at radius 1 is 1.09 bits per heavy atom. The second-order valence-electron chi connectivity index (χ2n) is 9.36. The maximum atomic E-state index is 13.4. The van der Waals surface area contributed by atoms with Crippen LogP contribution in [0, 0.1) is 22.0 Å². The lowest BCUT2D eigenvalue weighted by Gasteiger charge is -2.43. The number of nitrogens with one attached hydrogen (secondary N) is 1. The molecule has 2 aromatic heterocycles. The average molecular weight is 462 g/mol. The van der Waals surface area contributed by atoms with Crippen molar-refractivity contribution in [2.75, 3.05) is 24.5 Å². The number of piperidine rings is 1. The zero-order valence-corrected chi connectivity index (χ0v) is 18.2. The Balaban J connectivity index is 1.22. The van der Waals surface area contributed by atoms with E-state index < -0.39 is 22.1 Å². The molecule has 3 atom stereocenters. The first-order valence-electron chi connectivity index (χ1n) is 11.3. The number of H-pyrrole nitrogens is 1. The summed E-state index contributed by atoms with van der Waals surface area (Å²) in [6.45, 7) is 1.54. The van der Waals surface area contributed by atoms with Crippen molar-refractivity contribution >= 4 is 34.2 Å². The lowest BCUT2D eigenvalue weighted by atomic mass is 9.82. The molecule has 1 aromatic carbocycles. The van der Waals surface area contributed by atoms with Crippen LogP contribution in [-0.4, -0.2) is 56.0 Å². The lowest BCUT2D eigenvalue weighted by molar-refractivity contribution is -0.386. The predicted molar refractivity (Wildman–Crippen MR) is 121 cm³/mol. The van der Waals surface area contributed by atoms with Crippen molar-refractivity contribution in [1.82, 2.24) is 19.7 Å². The van der Waals surface area contributed by atoms with E-state index in [-0.39, 0.29) is 36.6 Å². The Morgan fingerprint density at radius 3 is 2.74 bits per heavy atom. The van der Waals surface area contributed by atoms with E-state index in [2.05, 4.69) is 10.2 Å². The van der Waals surface area contributed by atoms with Gasteiger partial charge in [0.05, 0.1) is 16.4 Å². The summed E-state index contributed by atoms with van der Waals surface area (Å²) in [7, 11) is 0. The molecule has 2 bridgehead atoms. The molecule has 34 heavy (non-hydrogen) atoms. The van der Waals surface area contributed by atoms with Crippen molar-refractivity contribution < 1.29 is 14.5 Å². The number of aromatic nitrogens is 3. The summed E-state index contributed by atoms with van der Waals surface area (Å²) in [5.74, 6) is -0.130. The highest BCUT2D eigenvalue weighted by molar-refractivity contribution is 6.05. The summed E-state index contributed by atoms with van der Waals surface area (Å²) in [5.41, 5.74) is 0.557. The quantitative estimate of drug-likeness (QED) is 0.464. The molecule has 0 spiro atoms. The molecule has 2 fully saturated rings. The minimum Gasteiger partial charge on any atom is -0.341 e. The van der Waals surface area contributed by atoms with Gasteiger partial charge in [0.1, 0.15) is 0 Å². The Bertz CT molecular complexity index is 1410. The van der Waals surface area contributed by atoms with E-state index in [1.54, 1.807) is 15.9 Å². The monoisotopic (exact) mass is 462 g/mol. The third-order valence-electron chi connectivity index (χ3n) is 7.27. The largest absolute Gasteiger partial charge is 0.341 e. The van der Waals surface area contributed by atoms with Gasteiger partial charge in [-0.15, -0.1) is 0 Å². The van der Waals surface area contributed by atoms with Gasteiger partial charge in [0.25, 0.3) is 0 Å². The smallest absolute Gasteiger partial charge is 0.334 e. The van der Waals surface area contributed by atoms with Crippen LogP contribution in [0.3, 0.4) is 0 Å². The second kappa shape index (κ2) is 7.51. The van der Waals surface area contributed by atoms with Gasteiger partial charge in [-0.2, -0.15) is 5.10 Å². The van der Waals surface area contributed by atoms with Crippen LogP contribution in [0.1, 0.15) is 24.5 Å². The van der Waals surface area contributed by atoms with Gasteiger partial charge < -0.3 is 9.47 Å². The zero-order chi connectivity index (χ0) is 23.6. The third kappa shape index (κ3) is 3.11. The fraction of sp³-hybridized carbons (Fsp3) is 0.391. The highest BCUT2D eigenvalue weighted by Crippen LogP contribution is 2.37. The normalized spacial score (nSPS) is 23.9. The molecule has 5 heterocycles. The molecule has 0 aliphatic carbocycles. The van der Waals surface area contributed by atoms with Gasteiger partial charge in [0.2, 0.25) is 11.8 Å². The van der Waals surface area contributed by atoms with Gasteiger partial charge >= 0.3 is 11.2 Å². The zero-order valence-electron chi connectivity index (χ0n) is 18.2. The van der Waals surface area contributed by atoms with Gasteiger partial charge in [0, 0.05) is 55.7 Å². The number of anilines is 1. The van der Waals surface area contributed by atoms with Crippen LogP contribution in [0.25, 0.3) is 10.9 Å². The number of carbonyl (C=O) groups excluding carboxylic acids is 2. The number of hydrogen-bond donors (Lipinski definition) is 1. The minimum atomic E-state index is -0.652.